The fourth-order valence-corrected chi connectivity index (χ4v) is 4.58. The molecule has 0 fully saturated rings. The summed E-state index contributed by atoms with van der Waals surface area (Å²) in [5.41, 5.74) is -2.96. The predicted molar refractivity (Wildman–Crippen MR) is 137 cm³/mol. The monoisotopic (exact) mass is 606 g/mol. The number of rotatable bonds is 7. The maximum Gasteiger partial charge on any atom is 0.416 e. The SMILES string of the molecule is O=C(c1ccccc1Cl)c1onc(CO)c1-c1nnn(Cc2cc(C(F)(F)F)cc(C(F)(F)F)c2)c1-c1ccccc1. The largest absolute Gasteiger partial charge is 0.416 e. The number of ketones is 1. The molecule has 0 atom stereocenters. The standard InChI is InChI=1S/C28H17ClF6N4O3/c29-20-9-5-4-8-19(20)25(41)26-22(21(14-40)37-42-26)23-24(16-6-2-1-3-7-16)39(38-36-23)13-15-10-17(27(30,31)32)12-18(11-15)28(33,34)35/h1-12,40H,13-14H2. The van der Waals surface area contributed by atoms with Crippen LogP contribution in [0.3, 0.4) is 0 Å². The van der Waals surface area contributed by atoms with Gasteiger partial charge >= 0.3 is 12.4 Å². The predicted octanol–water partition coefficient (Wildman–Crippen LogP) is 7.06. The van der Waals surface area contributed by atoms with Crippen molar-refractivity contribution in [1.82, 2.24) is 20.2 Å². The summed E-state index contributed by atoms with van der Waals surface area (Å²) in [6.45, 7) is -1.25. The topological polar surface area (TPSA) is 94.0 Å². The van der Waals surface area contributed by atoms with Crippen LogP contribution in [0.5, 0.6) is 0 Å². The van der Waals surface area contributed by atoms with Gasteiger partial charge in [0.05, 0.1) is 40.6 Å². The normalized spacial score (nSPS) is 12.1. The third-order valence-electron chi connectivity index (χ3n) is 6.24. The van der Waals surface area contributed by atoms with E-state index in [1.807, 2.05) is 0 Å². The van der Waals surface area contributed by atoms with Crippen molar-refractivity contribution < 1.29 is 40.8 Å². The Morgan fingerprint density at radius 1 is 0.905 bits per heavy atom. The minimum Gasteiger partial charge on any atom is -0.390 e. The van der Waals surface area contributed by atoms with Crippen molar-refractivity contribution in [1.29, 1.82) is 0 Å². The number of aromatic nitrogens is 4. The highest BCUT2D eigenvalue weighted by Gasteiger charge is 2.37. The first kappa shape index (κ1) is 29.0. The molecule has 0 aliphatic heterocycles. The zero-order valence-corrected chi connectivity index (χ0v) is 21.8. The van der Waals surface area contributed by atoms with Gasteiger partial charge in [0.1, 0.15) is 11.4 Å². The van der Waals surface area contributed by atoms with E-state index in [2.05, 4.69) is 15.5 Å². The molecule has 1 N–H and O–H groups in total. The molecule has 0 radical (unpaired) electrons. The number of benzene rings is 3. The van der Waals surface area contributed by atoms with E-state index < -0.39 is 42.4 Å². The van der Waals surface area contributed by atoms with Crippen molar-refractivity contribution in [2.75, 3.05) is 0 Å². The van der Waals surface area contributed by atoms with E-state index in [0.717, 1.165) is 4.68 Å². The zero-order valence-electron chi connectivity index (χ0n) is 21.0. The minimum absolute atomic E-state index is 0.0334. The Balaban J connectivity index is 1.70. The summed E-state index contributed by atoms with van der Waals surface area (Å²) in [4.78, 5) is 13.4. The molecule has 2 heterocycles. The Morgan fingerprint density at radius 2 is 1.52 bits per heavy atom. The van der Waals surface area contributed by atoms with E-state index in [4.69, 9.17) is 16.1 Å². The Kier molecular flexibility index (Phi) is 7.64. The van der Waals surface area contributed by atoms with Crippen LogP contribution in [0.1, 0.15) is 38.5 Å². The van der Waals surface area contributed by atoms with E-state index in [1.165, 1.54) is 12.1 Å². The molecule has 0 bridgehead atoms. The van der Waals surface area contributed by atoms with Gasteiger partial charge in [-0.1, -0.05) is 64.4 Å². The van der Waals surface area contributed by atoms with E-state index in [9.17, 15) is 36.2 Å². The second kappa shape index (κ2) is 11.1. The number of hydrogen-bond donors (Lipinski definition) is 1. The third kappa shape index (κ3) is 5.65. The number of halogens is 7. The van der Waals surface area contributed by atoms with Gasteiger partial charge in [-0.2, -0.15) is 26.3 Å². The molecule has 14 heteroatoms. The van der Waals surface area contributed by atoms with Gasteiger partial charge in [-0.15, -0.1) is 5.10 Å². The molecule has 5 rings (SSSR count). The Bertz CT molecular complexity index is 1730. The van der Waals surface area contributed by atoms with Crippen LogP contribution in [0.25, 0.3) is 22.5 Å². The maximum absolute atomic E-state index is 13.5. The summed E-state index contributed by atoms with van der Waals surface area (Å²) in [7, 11) is 0. The van der Waals surface area contributed by atoms with Gasteiger partial charge in [0.2, 0.25) is 11.5 Å². The number of hydrogen-bond acceptors (Lipinski definition) is 6. The first-order valence-corrected chi connectivity index (χ1v) is 12.4. The Hall–Kier alpha value is -4.49. The van der Waals surface area contributed by atoms with Crippen LogP contribution in [-0.4, -0.2) is 31.0 Å². The van der Waals surface area contributed by atoms with Crippen LogP contribution < -0.4 is 0 Å². The smallest absolute Gasteiger partial charge is 0.390 e. The molecule has 0 spiro atoms. The average molecular weight is 607 g/mol. The molecule has 216 valence electrons. The van der Waals surface area contributed by atoms with Crippen molar-refractivity contribution in [2.45, 2.75) is 25.5 Å². The Labute approximate surface area is 237 Å². The lowest BCUT2D eigenvalue weighted by Gasteiger charge is -2.15. The van der Waals surface area contributed by atoms with Crippen LogP contribution in [-0.2, 0) is 25.5 Å². The van der Waals surface area contributed by atoms with E-state index in [-0.39, 0.29) is 50.6 Å². The quantitative estimate of drug-likeness (QED) is 0.157. The van der Waals surface area contributed by atoms with Gasteiger partial charge in [-0.3, -0.25) is 4.79 Å². The van der Waals surface area contributed by atoms with Crippen molar-refractivity contribution in [3.8, 4) is 22.5 Å². The van der Waals surface area contributed by atoms with Gasteiger partial charge in [-0.25, -0.2) is 4.68 Å². The lowest BCUT2D eigenvalue weighted by Crippen LogP contribution is -2.13. The summed E-state index contributed by atoms with van der Waals surface area (Å²) in [5.74, 6) is -1.06. The molecule has 0 saturated heterocycles. The number of carbonyl (C=O) groups is 1. The van der Waals surface area contributed by atoms with Crippen LogP contribution in [0.2, 0.25) is 5.02 Å². The number of aliphatic hydroxyl groups is 1. The summed E-state index contributed by atoms with van der Waals surface area (Å²) < 4.78 is 87.4. The maximum atomic E-state index is 13.5. The second-order valence-electron chi connectivity index (χ2n) is 9.02. The van der Waals surface area contributed by atoms with Crippen LogP contribution in [0.4, 0.5) is 26.3 Å². The molecule has 0 saturated carbocycles. The van der Waals surface area contributed by atoms with Crippen molar-refractivity contribution >= 4 is 17.4 Å². The molecule has 0 aliphatic rings. The molecule has 2 aromatic heterocycles. The fraction of sp³-hybridized carbons (Fsp3) is 0.143. The molecule has 0 unspecified atom stereocenters. The van der Waals surface area contributed by atoms with Gasteiger partial charge < -0.3 is 9.63 Å². The van der Waals surface area contributed by atoms with Crippen molar-refractivity contribution in [3.63, 3.8) is 0 Å². The summed E-state index contributed by atoms with van der Waals surface area (Å²) in [6, 6.07) is 15.5. The molecule has 0 amide bonds. The van der Waals surface area contributed by atoms with E-state index in [0.29, 0.717) is 17.7 Å². The van der Waals surface area contributed by atoms with Crippen LogP contribution in [0, 0.1) is 0 Å². The fourth-order valence-electron chi connectivity index (χ4n) is 4.36. The number of aliphatic hydroxyl groups excluding tert-OH is 1. The van der Waals surface area contributed by atoms with Gasteiger partial charge in [-0.05, 0) is 35.9 Å². The highest BCUT2D eigenvalue weighted by atomic mass is 35.5. The number of alkyl halides is 6. The van der Waals surface area contributed by atoms with E-state index >= 15 is 0 Å². The highest BCUT2D eigenvalue weighted by Crippen LogP contribution is 2.39. The average Bonchev–Trinajstić information content (AvgIpc) is 3.56. The first-order valence-electron chi connectivity index (χ1n) is 12.0. The lowest BCUT2D eigenvalue weighted by molar-refractivity contribution is -0.143. The van der Waals surface area contributed by atoms with Gasteiger partial charge in [0, 0.05) is 11.1 Å². The van der Waals surface area contributed by atoms with Gasteiger partial charge in [0.25, 0.3) is 0 Å². The molecule has 3 aromatic carbocycles. The van der Waals surface area contributed by atoms with E-state index in [1.54, 1.807) is 42.5 Å². The summed E-state index contributed by atoms with van der Waals surface area (Å²) >= 11 is 6.19. The zero-order chi connectivity index (χ0) is 30.2. The van der Waals surface area contributed by atoms with Crippen molar-refractivity contribution in [3.05, 3.63) is 112 Å². The first-order chi connectivity index (χ1) is 19.9. The highest BCUT2D eigenvalue weighted by molar-refractivity contribution is 6.35. The van der Waals surface area contributed by atoms with Crippen LogP contribution >= 0.6 is 11.6 Å². The molecular weight excluding hydrogens is 590 g/mol. The van der Waals surface area contributed by atoms with Crippen LogP contribution in [0.15, 0.2) is 77.3 Å². The third-order valence-corrected chi connectivity index (χ3v) is 6.57. The molecule has 0 aliphatic carbocycles. The number of nitrogens with zero attached hydrogens (tertiary/aromatic N) is 4. The minimum atomic E-state index is -5.04. The Morgan fingerprint density at radius 3 is 2.12 bits per heavy atom. The molecule has 7 nitrogen and oxygen atoms in total. The van der Waals surface area contributed by atoms with Gasteiger partial charge in [0.15, 0.2) is 0 Å². The molecular formula is C28H17ClF6N4O3. The lowest BCUT2D eigenvalue weighted by atomic mass is 9.98. The second-order valence-corrected chi connectivity index (χ2v) is 9.43. The number of carbonyl (C=O) groups excluding carboxylic acids is 1. The summed E-state index contributed by atoms with van der Waals surface area (Å²) in [6.07, 6.45) is -10.1. The van der Waals surface area contributed by atoms with Crippen molar-refractivity contribution in [2.24, 2.45) is 0 Å². The summed E-state index contributed by atoms with van der Waals surface area (Å²) in [5, 5.41) is 22.0. The molecule has 5 aromatic rings. The molecule has 42 heavy (non-hydrogen) atoms.